The zero-order valence-corrected chi connectivity index (χ0v) is 20.9. The summed E-state index contributed by atoms with van der Waals surface area (Å²) < 4.78 is 48.3. The average molecular weight is 527 g/mol. The van der Waals surface area contributed by atoms with Gasteiger partial charge in [-0.3, -0.25) is 4.18 Å². The molecule has 194 valence electrons. The molecule has 37 heavy (non-hydrogen) atoms. The normalized spacial score (nSPS) is 23.7. The highest BCUT2D eigenvalue weighted by Crippen LogP contribution is 2.31. The van der Waals surface area contributed by atoms with Crippen LogP contribution >= 0.6 is 0 Å². The molecule has 3 aromatic rings. The summed E-state index contributed by atoms with van der Waals surface area (Å²) in [6, 6.07) is 21.9. The van der Waals surface area contributed by atoms with Crippen molar-refractivity contribution in [2.75, 3.05) is 0 Å². The molecule has 0 aliphatic carbocycles. The summed E-state index contributed by atoms with van der Waals surface area (Å²) in [5.74, 6) is -1.65. The van der Waals surface area contributed by atoms with Crippen LogP contribution in [0, 0.1) is 6.92 Å². The van der Waals surface area contributed by atoms with E-state index in [2.05, 4.69) is 0 Å². The predicted octanol–water partition coefficient (Wildman–Crippen LogP) is 3.26. The molecule has 0 amide bonds. The summed E-state index contributed by atoms with van der Waals surface area (Å²) in [4.78, 5) is 25.6. The molecule has 1 heterocycles. The zero-order valence-electron chi connectivity index (χ0n) is 20.1. The second-order valence-corrected chi connectivity index (χ2v) is 10.1. The van der Waals surface area contributed by atoms with Gasteiger partial charge in [-0.05, 0) is 50.2 Å². The Hall–Kier alpha value is -3.57. The number of hydrogen-bond donors (Lipinski definition) is 1. The number of carbonyl (C=O) groups excluding carboxylic acids is 2. The van der Waals surface area contributed by atoms with Crippen LogP contribution in [0.4, 0.5) is 0 Å². The molecule has 1 fully saturated rings. The predicted molar refractivity (Wildman–Crippen MR) is 131 cm³/mol. The Bertz CT molecular complexity index is 1330. The second kappa shape index (κ2) is 11.2. The Morgan fingerprint density at radius 2 is 1.24 bits per heavy atom. The van der Waals surface area contributed by atoms with Crippen LogP contribution in [-0.4, -0.2) is 56.2 Å². The fourth-order valence-electron chi connectivity index (χ4n) is 3.82. The summed E-state index contributed by atoms with van der Waals surface area (Å²) in [5, 5.41) is 10.7. The van der Waals surface area contributed by atoms with Gasteiger partial charge < -0.3 is 19.3 Å². The van der Waals surface area contributed by atoms with Gasteiger partial charge in [-0.2, -0.15) is 8.42 Å². The van der Waals surface area contributed by atoms with Crippen molar-refractivity contribution in [1.29, 1.82) is 0 Å². The molecular formula is C27H26O9S. The topological polar surface area (TPSA) is 125 Å². The van der Waals surface area contributed by atoms with Crippen LogP contribution in [0.2, 0.25) is 0 Å². The maximum Gasteiger partial charge on any atom is 0.338 e. The fourth-order valence-corrected chi connectivity index (χ4v) is 4.96. The molecule has 5 atom stereocenters. The first-order valence-electron chi connectivity index (χ1n) is 11.5. The van der Waals surface area contributed by atoms with Crippen molar-refractivity contribution < 1.29 is 41.5 Å². The molecular weight excluding hydrogens is 500 g/mol. The minimum Gasteiger partial charge on any atom is -0.452 e. The van der Waals surface area contributed by atoms with E-state index in [0.29, 0.717) is 0 Å². The minimum atomic E-state index is -4.36. The third-order valence-electron chi connectivity index (χ3n) is 5.80. The van der Waals surface area contributed by atoms with E-state index < -0.39 is 52.8 Å². The smallest absolute Gasteiger partial charge is 0.338 e. The van der Waals surface area contributed by atoms with Crippen molar-refractivity contribution in [2.45, 2.75) is 49.4 Å². The molecule has 1 aliphatic rings. The molecule has 0 spiro atoms. The van der Waals surface area contributed by atoms with E-state index in [1.165, 1.54) is 43.3 Å². The zero-order chi connectivity index (χ0) is 26.6. The summed E-state index contributed by atoms with van der Waals surface area (Å²) in [7, 11) is -4.36. The molecule has 0 aromatic heterocycles. The van der Waals surface area contributed by atoms with Crippen LogP contribution < -0.4 is 0 Å². The van der Waals surface area contributed by atoms with E-state index in [1.807, 2.05) is 0 Å². The summed E-state index contributed by atoms with van der Waals surface area (Å²) in [6.07, 6.45) is -7.35. The van der Waals surface area contributed by atoms with Gasteiger partial charge in [0.2, 0.25) is 0 Å². The van der Waals surface area contributed by atoms with Crippen molar-refractivity contribution in [3.63, 3.8) is 0 Å². The number of aryl methyl sites for hydroxylation is 1. The number of aliphatic hydroxyl groups excluding tert-OH is 1. The Balaban J connectivity index is 1.67. The highest BCUT2D eigenvalue weighted by molar-refractivity contribution is 7.86. The third kappa shape index (κ3) is 6.23. The highest BCUT2D eigenvalue weighted by atomic mass is 32.2. The maximum atomic E-state index is 13.1. The Labute approximate surface area is 214 Å². The summed E-state index contributed by atoms with van der Waals surface area (Å²) in [6.45, 7) is 3.26. The number of esters is 2. The number of benzene rings is 3. The van der Waals surface area contributed by atoms with Crippen LogP contribution in [0.5, 0.6) is 0 Å². The number of ether oxygens (including phenoxy) is 3. The van der Waals surface area contributed by atoms with Crippen molar-refractivity contribution in [3.05, 3.63) is 102 Å². The standard InChI is InChI=1S/C27H26O9S/c1-17-13-15-21(16-14-17)37(31,32)36-22-18(2)33-27(30)24(35-26(29)20-11-7-4-8-12-20)23(22)34-25(28)19-9-5-3-6-10-19/h3-16,18,22-24,27,30H,1-2H3/t18?,22-,23+,24-,27?/m1/s1. The average Bonchev–Trinajstić information content (AvgIpc) is 2.89. The van der Waals surface area contributed by atoms with E-state index in [9.17, 15) is 23.1 Å². The van der Waals surface area contributed by atoms with Crippen LogP contribution in [0.25, 0.3) is 0 Å². The van der Waals surface area contributed by atoms with Gasteiger partial charge in [-0.15, -0.1) is 0 Å². The van der Waals surface area contributed by atoms with Crippen molar-refractivity contribution in [2.24, 2.45) is 0 Å². The molecule has 1 N–H and O–H groups in total. The Morgan fingerprint density at radius 1 is 0.757 bits per heavy atom. The van der Waals surface area contributed by atoms with Gasteiger partial charge in [0.1, 0.15) is 6.10 Å². The lowest BCUT2D eigenvalue weighted by Crippen LogP contribution is -2.60. The maximum absolute atomic E-state index is 13.1. The monoisotopic (exact) mass is 526 g/mol. The molecule has 9 nitrogen and oxygen atoms in total. The van der Waals surface area contributed by atoms with Crippen LogP contribution in [0.3, 0.4) is 0 Å². The van der Waals surface area contributed by atoms with Gasteiger partial charge in [0, 0.05) is 0 Å². The van der Waals surface area contributed by atoms with Gasteiger partial charge in [-0.25, -0.2) is 9.59 Å². The quantitative estimate of drug-likeness (QED) is 0.365. The number of rotatable bonds is 7. The first kappa shape index (κ1) is 26.5. The molecule has 4 rings (SSSR count). The van der Waals surface area contributed by atoms with Gasteiger partial charge in [0.05, 0.1) is 22.1 Å². The second-order valence-electron chi connectivity index (χ2n) is 8.53. The molecule has 10 heteroatoms. The van der Waals surface area contributed by atoms with Gasteiger partial charge in [0.25, 0.3) is 10.1 Å². The molecule has 2 unspecified atom stereocenters. The molecule has 1 aliphatic heterocycles. The molecule has 0 saturated carbocycles. The lowest BCUT2D eigenvalue weighted by Gasteiger charge is -2.42. The summed E-state index contributed by atoms with van der Waals surface area (Å²) >= 11 is 0. The molecule has 1 saturated heterocycles. The van der Waals surface area contributed by atoms with Gasteiger partial charge in [-0.1, -0.05) is 54.1 Å². The first-order chi connectivity index (χ1) is 17.7. The third-order valence-corrected chi connectivity index (χ3v) is 7.12. The van der Waals surface area contributed by atoms with Crippen molar-refractivity contribution in [1.82, 2.24) is 0 Å². The Kier molecular flexibility index (Phi) is 8.03. The van der Waals surface area contributed by atoms with Gasteiger partial charge in [0.15, 0.2) is 18.5 Å². The highest BCUT2D eigenvalue weighted by Gasteiger charge is 2.51. The van der Waals surface area contributed by atoms with E-state index in [1.54, 1.807) is 55.5 Å². The summed E-state index contributed by atoms with van der Waals surface area (Å²) in [5.41, 5.74) is 1.19. The van der Waals surface area contributed by atoms with E-state index in [0.717, 1.165) is 5.56 Å². The number of aliphatic hydroxyl groups is 1. The SMILES string of the molecule is Cc1ccc(S(=O)(=O)O[C@@H]2C(C)OC(O)[C@H](OC(=O)c3ccccc3)[C@H]2OC(=O)c2ccccc2)cc1. The number of carbonyl (C=O) groups is 2. The molecule has 0 radical (unpaired) electrons. The van der Waals surface area contributed by atoms with Crippen LogP contribution in [-0.2, 0) is 28.5 Å². The minimum absolute atomic E-state index is 0.123. The van der Waals surface area contributed by atoms with Gasteiger partial charge >= 0.3 is 11.9 Å². The number of hydrogen-bond acceptors (Lipinski definition) is 9. The lowest BCUT2D eigenvalue weighted by atomic mass is 9.99. The van der Waals surface area contributed by atoms with Crippen molar-refractivity contribution in [3.8, 4) is 0 Å². The van der Waals surface area contributed by atoms with E-state index in [-0.39, 0.29) is 16.0 Å². The molecule has 3 aromatic carbocycles. The Morgan fingerprint density at radius 3 is 1.76 bits per heavy atom. The molecule has 0 bridgehead atoms. The van der Waals surface area contributed by atoms with Crippen LogP contribution in [0.1, 0.15) is 33.2 Å². The fraction of sp³-hybridized carbons (Fsp3) is 0.259. The van der Waals surface area contributed by atoms with Crippen LogP contribution in [0.15, 0.2) is 89.8 Å². The lowest BCUT2D eigenvalue weighted by molar-refractivity contribution is -0.271. The first-order valence-corrected chi connectivity index (χ1v) is 12.9. The largest absolute Gasteiger partial charge is 0.452 e. The van der Waals surface area contributed by atoms with Crippen molar-refractivity contribution >= 4 is 22.1 Å². The van der Waals surface area contributed by atoms with E-state index in [4.69, 9.17) is 18.4 Å². The van der Waals surface area contributed by atoms with E-state index >= 15 is 0 Å².